The summed E-state index contributed by atoms with van der Waals surface area (Å²) in [5.74, 6) is 1.24. The molecule has 5 nitrogen and oxygen atoms in total. The first-order chi connectivity index (χ1) is 11.2. The van der Waals surface area contributed by atoms with E-state index >= 15 is 0 Å². The van der Waals surface area contributed by atoms with E-state index in [2.05, 4.69) is 29.4 Å². The van der Waals surface area contributed by atoms with Gasteiger partial charge in [0.05, 0.1) is 12.4 Å². The molecule has 1 aliphatic rings. The summed E-state index contributed by atoms with van der Waals surface area (Å²) in [6, 6.07) is 7.86. The van der Waals surface area contributed by atoms with Crippen molar-refractivity contribution >= 4 is 22.7 Å². The summed E-state index contributed by atoms with van der Waals surface area (Å²) < 4.78 is 5.78. The van der Waals surface area contributed by atoms with E-state index in [4.69, 9.17) is 4.74 Å². The van der Waals surface area contributed by atoms with Crippen LogP contribution < -0.4 is 10.2 Å². The zero-order valence-electron chi connectivity index (χ0n) is 13.9. The molecule has 0 aromatic heterocycles. The van der Waals surface area contributed by atoms with Gasteiger partial charge in [-0.1, -0.05) is 25.1 Å². The Morgan fingerprint density at radius 3 is 2.65 bits per heavy atom. The van der Waals surface area contributed by atoms with Crippen molar-refractivity contribution in [3.8, 4) is 5.75 Å². The summed E-state index contributed by atoms with van der Waals surface area (Å²) in [6.45, 7) is 5.15. The van der Waals surface area contributed by atoms with E-state index in [0.29, 0.717) is 5.75 Å². The molecule has 0 radical (unpaired) electrons. The number of hydrogen-bond acceptors (Lipinski definition) is 5. The third-order valence-corrected chi connectivity index (χ3v) is 4.58. The maximum atomic E-state index is 11.1. The van der Waals surface area contributed by atoms with Gasteiger partial charge in [0.1, 0.15) is 10.8 Å². The standard InChI is InChI=1S/C17H25N3O2S/c1-3-4-10-20(2)11-5-12-22-15-8-6-14(7-9-15)17-19-18-16(21)13-23-17/h6-9H,3-5,10-13H2,1-2H3,(H,18,21). The molecule has 0 unspecified atom stereocenters. The van der Waals surface area contributed by atoms with Crippen LogP contribution in [0.5, 0.6) is 5.75 Å². The predicted molar refractivity (Wildman–Crippen MR) is 96.1 cm³/mol. The van der Waals surface area contributed by atoms with E-state index in [1.165, 1.54) is 24.6 Å². The van der Waals surface area contributed by atoms with Crippen LogP contribution in [0.25, 0.3) is 0 Å². The highest BCUT2D eigenvalue weighted by atomic mass is 32.2. The number of hydrazone groups is 1. The van der Waals surface area contributed by atoms with Crippen LogP contribution in [0.1, 0.15) is 31.7 Å². The van der Waals surface area contributed by atoms with Gasteiger partial charge in [0, 0.05) is 12.1 Å². The van der Waals surface area contributed by atoms with E-state index in [1.807, 2.05) is 24.3 Å². The molecule has 0 saturated carbocycles. The lowest BCUT2D eigenvalue weighted by molar-refractivity contribution is -0.118. The van der Waals surface area contributed by atoms with E-state index in [1.54, 1.807) is 0 Å². The van der Waals surface area contributed by atoms with E-state index in [9.17, 15) is 4.79 Å². The van der Waals surface area contributed by atoms with Crippen LogP contribution in [0.15, 0.2) is 29.4 Å². The van der Waals surface area contributed by atoms with Crippen LogP contribution >= 0.6 is 11.8 Å². The molecule has 0 spiro atoms. The molecular weight excluding hydrogens is 310 g/mol. The normalized spacial score (nSPS) is 14.6. The van der Waals surface area contributed by atoms with Gasteiger partial charge < -0.3 is 9.64 Å². The Labute approximate surface area is 142 Å². The van der Waals surface area contributed by atoms with Crippen molar-refractivity contribution in [1.29, 1.82) is 0 Å². The van der Waals surface area contributed by atoms with Crippen molar-refractivity contribution in [3.63, 3.8) is 0 Å². The average molecular weight is 335 g/mol. The lowest BCUT2D eigenvalue weighted by Crippen LogP contribution is -2.26. The first-order valence-electron chi connectivity index (χ1n) is 8.10. The molecule has 0 saturated heterocycles. The fraction of sp³-hybridized carbons (Fsp3) is 0.529. The van der Waals surface area contributed by atoms with Crippen LogP contribution in [-0.2, 0) is 4.79 Å². The van der Waals surface area contributed by atoms with Gasteiger partial charge in [0.25, 0.3) is 5.91 Å². The third kappa shape index (κ3) is 6.23. The van der Waals surface area contributed by atoms with E-state index in [0.717, 1.165) is 42.5 Å². The Morgan fingerprint density at radius 2 is 2.00 bits per heavy atom. The lowest BCUT2D eigenvalue weighted by atomic mass is 10.2. The van der Waals surface area contributed by atoms with Gasteiger partial charge in [-0.25, -0.2) is 5.43 Å². The zero-order valence-corrected chi connectivity index (χ0v) is 14.7. The van der Waals surface area contributed by atoms with Gasteiger partial charge in [0.2, 0.25) is 0 Å². The number of carbonyl (C=O) groups is 1. The van der Waals surface area contributed by atoms with Crippen LogP contribution in [0.4, 0.5) is 0 Å². The number of unbranched alkanes of at least 4 members (excludes halogenated alkanes) is 1. The van der Waals surface area contributed by atoms with Crippen molar-refractivity contribution in [1.82, 2.24) is 10.3 Å². The topological polar surface area (TPSA) is 53.9 Å². The summed E-state index contributed by atoms with van der Waals surface area (Å²) in [5.41, 5.74) is 3.51. The minimum absolute atomic E-state index is 0.0531. The van der Waals surface area contributed by atoms with Gasteiger partial charge in [0.15, 0.2) is 0 Å². The summed E-state index contributed by atoms with van der Waals surface area (Å²) in [6.07, 6.45) is 3.51. The molecule has 0 atom stereocenters. The van der Waals surface area contributed by atoms with Crippen LogP contribution in [-0.4, -0.2) is 48.3 Å². The Kier molecular flexibility index (Phi) is 7.42. The maximum Gasteiger partial charge on any atom is 0.250 e. The number of rotatable bonds is 9. The smallest absolute Gasteiger partial charge is 0.250 e. The highest BCUT2D eigenvalue weighted by Gasteiger charge is 2.13. The minimum Gasteiger partial charge on any atom is -0.494 e. The quantitative estimate of drug-likeness (QED) is 0.705. The van der Waals surface area contributed by atoms with Gasteiger partial charge >= 0.3 is 0 Å². The van der Waals surface area contributed by atoms with E-state index < -0.39 is 0 Å². The molecule has 1 aromatic carbocycles. The summed E-state index contributed by atoms with van der Waals surface area (Å²) in [4.78, 5) is 13.4. The number of ether oxygens (including phenoxy) is 1. The fourth-order valence-electron chi connectivity index (χ4n) is 2.22. The second kappa shape index (κ2) is 9.57. The van der Waals surface area contributed by atoms with Gasteiger partial charge in [-0.05, 0) is 50.7 Å². The Hall–Kier alpha value is -1.53. The molecule has 0 bridgehead atoms. The Morgan fingerprint density at radius 1 is 1.26 bits per heavy atom. The monoisotopic (exact) mass is 335 g/mol. The average Bonchev–Trinajstić information content (AvgIpc) is 2.58. The van der Waals surface area contributed by atoms with Crippen molar-refractivity contribution in [3.05, 3.63) is 29.8 Å². The number of nitrogens with one attached hydrogen (secondary N) is 1. The second-order valence-corrected chi connectivity index (χ2v) is 6.59. The first kappa shape index (κ1) is 17.8. The van der Waals surface area contributed by atoms with Crippen molar-refractivity contribution < 1.29 is 9.53 Å². The molecule has 1 aliphatic heterocycles. The lowest BCUT2D eigenvalue weighted by Gasteiger charge is -2.16. The van der Waals surface area contributed by atoms with Crippen molar-refractivity contribution in [2.45, 2.75) is 26.2 Å². The molecule has 0 aliphatic carbocycles. The second-order valence-electron chi connectivity index (χ2n) is 5.62. The largest absolute Gasteiger partial charge is 0.494 e. The highest BCUT2D eigenvalue weighted by Crippen LogP contribution is 2.19. The molecule has 2 rings (SSSR count). The molecule has 0 fully saturated rings. The molecule has 1 N–H and O–H groups in total. The summed E-state index contributed by atoms with van der Waals surface area (Å²) >= 11 is 1.45. The third-order valence-electron chi connectivity index (χ3n) is 3.57. The Balaban J connectivity index is 1.72. The zero-order chi connectivity index (χ0) is 16.5. The van der Waals surface area contributed by atoms with Gasteiger partial charge in [-0.3, -0.25) is 4.79 Å². The minimum atomic E-state index is -0.0531. The molecule has 126 valence electrons. The van der Waals surface area contributed by atoms with Gasteiger partial charge in [-0.2, -0.15) is 5.10 Å². The molecule has 6 heteroatoms. The Bertz CT molecular complexity index is 531. The van der Waals surface area contributed by atoms with Crippen LogP contribution in [0, 0.1) is 0 Å². The predicted octanol–water partition coefficient (Wildman–Crippen LogP) is 2.71. The SMILES string of the molecule is CCCCN(C)CCCOc1ccc(C2=NNC(=O)CS2)cc1. The van der Waals surface area contributed by atoms with Crippen molar-refractivity contribution in [2.24, 2.45) is 5.10 Å². The van der Waals surface area contributed by atoms with Crippen molar-refractivity contribution in [2.75, 3.05) is 32.5 Å². The number of nitrogens with zero attached hydrogens (tertiary/aromatic N) is 2. The van der Waals surface area contributed by atoms with Gasteiger partial charge in [-0.15, -0.1) is 0 Å². The molecule has 23 heavy (non-hydrogen) atoms. The number of hydrogen-bond donors (Lipinski definition) is 1. The number of carbonyl (C=O) groups excluding carboxylic acids is 1. The summed E-state index contributed by atoms with van der Waals surface area (Å²) in [5, 5.41) is 4.90. The molecule has 1 aromatic rings. The molecule has 1 amide bonds. The number of benzene rings is 1. The first-order valence-corrected chi connectivity index (χ1v) is 9.08. The fourth-order valence-corrected chi connectivity index (χ4v) is 2.96. The molecular formula is C17H25N3O2S. The number of amides is 1. The van der Waals surface area contributed by atoms with E-state index in [-0.39, 0.29) is 5.91 Å². The van der Waals surface area contributed by atoms with Crippen LogP contribution in [0.3, 0.4) is 0 Å². The molecule has 1 heterocycles. The van der Waals surface area contributed by atoms with Crippen LogP contribution in [0.2, 0.25) is 0 Å². The maximum absolute atomic E-state index is 11.1. The summed E-state index contributed by atoms with van der Waals surface area (Å²) in [7, 11) is 2.16. The number of thioether (sulfide) groups is 1. The highest BCUT2D eigenvalue weighted by molar-refractivity contribution is 8.15.